The molecule has 1 aliphatic rings. The second-order valence-corrected chi connectivity index (χ2v) is 7.32. The minimum absolute atomic E-state index is 0.0188. The number of rotatable bonds is 6. The second-order valence-electron chi connectivity index (χ2n) is 5.97. The molecule has 1 aliphatic heterocycles. The monoisotopic (exact) mass is 479 g/mol. The fourth-order valence-corrected chi connectivity index (χ4v) is 2.80. The third-order valence-electron chi connectivity index (χ3n) is 3.76. The Morgan fingerprint density at radius 2 is 1.82 bits per heavy atom. The van der Waals surface area contributed by atoms with E-state index in [9.17, 15) is 18.0 Å². The first-order valence-corrected chi connectivity index (χ1v) is 9.25. The molecular weight excluding hydrogens is 467 g/mol. The van der Waals surface area contributed by atoms with Crippen molar-refractivity contribution in [1.29, 1.82) is 0 Å². The fourth-order valence-electron chi connectivity index (χ4n) is 2.33. The van der Waals surface area contributed by atoms with Crippen LogP contribution in [0.1, 0.15) is 5.56 Å². The van der Waals surface area contributed by atoms with Crippen LogP contribution in [0.3, 0.4) is 0 Å². The summed E-state index contributed by atoms with van der Waals surface area (Å²) in [5, 5.41) is 1.52. The highest BCUT2D eigenvalue weighted by Gasteiger charge is 2.44. The molecule has 1 heterocycles. The van der Waals surface area contributed by atoms with Crippen LogP contribution in [-0.4, -0.2) is 36.4 Å². The van der Waals surface area contributed by atoms with Crippen LogP contribution < -0.4 is 9.47 Å². The van der Waals surface area contributed by atoms with E-state index < -0.39 is 18.2 Å². The minimum atomic E-state index is -5.03. The summed E-state index contributed by atoms with van der Waals surface area (Å²) >= 11 is 9.20. The normalized spacial score (nSPS) is 15.0. The van der Waals surface area contributed by atoms with Crippen LogP contribution in [-0.2, 0) is 16.2 Å². The van der Waals surface area contributed by atoms with Gasteiger partial charge in [0.1, 0.15) is 12.7 Å². The molecule has 2 aromatic carbocycles. The molecule has 0 amide bonds. The standard InChI is InChI=1S/C18H14BrClF3NO4/c19-12-3-6-15(26-10-11-1-4-13(20)5-2-11)16(7-12)27-14-8-24(9-14)28-17(25)18(21,22)23/h1-7,14H,8-10H2. The van der Waals surface area contributed by atoms with Crippen molar-refractivity contribution in [3.8, 4) is 11.5 Å². The van der Waals surface area contributed by atoms with Crippen molar-refractivity contribution < 1.29 is 32.3 Å². The van der Waals surface area contributed by atoms with Crippen molar-refractivity contribution in [1.82, 2.24) is 5.06 Å². The van der Waals surface area contributed by atoms with E-state index in [0.29, 0.717) is 16.5 Å². The van der Waals surface area contributed by atoms with E-state index in [2.05, 4.69) is 20.8 Å². The molecule has 0 aromatic heterocycles. The smallest absolute Gasteiger partial charge is 0.485 e. The Hall–Kier alpha value is -1.97. The van der Waals surface area contributed by atoms with Gasteiger partial charge in [0.2, 0.25) is 0 Å². The molecular formula is C18H14BrClF3NO4. The molecule has 1 saturated heterocycles. The molecule has 0 N–H and O–H groups in total. The summed E-state index contributed by atoms with van der Waals surface area (Å²) in [5.74, 6) is -1.35. The first-order chi connectivity index (χ1) is 13.2. The summed E-state index contributed by atoms with van der Waals surface area (Å²) in [6.07, 6.45) is -5.47. The molecule has 0 spiro atoms. The van der Waals surface area contributed by atoms with Crippen molar-refractivity contribution in [2.45, 2.75) is 18.9 Å². The van der Waals surface area contributed by atoms with Crippen LogP contribution >= 0.6 is 27.5 Å². The fraction of sp³-hybridized carbons (Fsp3) is 0.278. The number of halogens is 5. The zero-order valence-corrected chi connectivity index (χ0v) is 16.6. The highest BCUT2D eigenvalue weighted by molar-refractivity contribution is 9.10. The molecule has 1 fully saturated rings. The van der Waals surface area contributed by atoms with Gasteiger partial charge in [0.25, 0.3) is 0 Å². The maximum absolute atomic E-state index is 12.2. The lowest BCUT2D eigenvalue weighted by Gasteiger charge is -2.37. The number of benzene rings is 2. The average molecular weight is 481 g/mol. The number of alkyl halides is 3. The van der Waals surface area contributed by atoms with Gasteiger partial charge in [-0.1, -0.05) is 39.7 Å². The number of hydrogen-bond acceptors (Lipinski definition) is 5. The van der Waals surface area contributed by atoms with E-state index in [1.807, 2.05) is 12.1 Å². The first-order valence-electron chi connectivity index (χ1n) is 8.08. The number of hydrogen-bond donors (Lipinski definition) is 0. The van der Waals surface area contributed by atoms with E-state index in [1.54, 1.807) is 30.3 Å². The molecule has 150 valence electrons. The topological polar surface area (TPSA) is 48.0 Å². The van der Waals surface area contributed by atoms with Crippen LogP contribution in [0, 0.1) is 0 Å². The quantitative estimate of drug-likeness (QED) is 0.596. The van der Waals surface area contributed by atoms with E-state index in [4.69, 9.17) is 21.1 Å². The van der Waals surface area contributed by atoms with Crippen molar-refractivity contribution in [3.63, 3.8) is 0 Å². The Balaban J connectivity index is 1.56. The molecule has 2 aromatic rings. The third-order valence-corrected chi connectivity index (χ3v) is 4.51. The Bertz CT molecular complexity index is 842. The van der Waals surface area contributed by atoms with E-state index >= 15 is 0 Å². The van der Waals surface area contributed by atoms with Gasteiger partial charge in [-0.15, -0.1) is 5.06 Å². The summed E-state index contributed by atoms with van der Waals surface area (Å²) in [5.41, 5.74) is 0.909. The van der Waals surface area contributed by atoms with Gasteiger partial charge in [0, 0.05) is 9.50 Å². The van der Waals surface area contributed by atoms with Crippen LogP contribution in [0.2, 0.25) is 5.02 Å². The van der Waals surface area contributed by atoms with Crippen LogP contribution in [0.4, 0.5) is 13.2 Å². The maximum Gasteiger partial charge on any atom is 0.492 e. The molecule has 28 heavy (non-hydrogen) atoms. The molecule has 0 bridgehead atoms. The maximum atomic E-state index is 12.2. The van der Waals surface area contributed by atoms with Gasteiger partial charge >= 0.3 is 12.1 Å². The number of hydroxylamine groups is 2. The SMILES string of the molecule is O=C(ON1CC(Oc2cc(Br)ccc2OCc2ccc(Cl)cc2)C1)C(F)(F)F. The summed E-state index contributed by atoms with van der Waals surface area (Å²) < 4.78 is 48.9. The lowest BCUT2D eigenvalue weighted by molar-refractivity contribution is -0.262. The molecule has 0 radical (unpaired) electrons. The number of carbonyl (C=O) groups excluding carboxylic acids is 1. The van der Waals surface area contributed by atoms with Gasteiger partial charge in [-0.3, -0.25) is 0 Å². The Morgan fingerprint density at radius 1 is 1.14 bits per heavy atom. The number of ether oxygens (including phenoxy) is 2. The molecule has 0 aliphatic carbocycles. The van der Waals surface area contributed by atoms with Crippen molar-refractivity contribution in [2.75, 3.05) is 13.1 Å². The van der Waals surface area contributed by atoms with Crippen LogP contribution in [0.5, 0.6) is 11.5 Å². The molecule has 5 nitrogen and oxygen atoms in total. The van der Waals surface area contributed by atoms with Gasteiger partial charge in [-0.05, 0) is 35.9 Å². The Labute approximate surface area is 172 Å². The largest absolute Gasteiger partial charge is 0.492 e. The number of carbonyl (C=O) groups is 1. The van der Waals surface area contributed by atoms with E-state index in [1.165, 1.54) is 0 Å². The molecule has 3 rings (SSSR count). The molecule has 0 unspecified atom stereocenters. The lowest BCUT2D eigenvalue weighted by atomic mass is 10.2. The van der Waals surface area contributed by atoms with Crippen LogP contribution in [0.25, 0.3) is 0 Å². The van der Waals surface area contributed by atoms with Crippen molar-refractivity contribution in [3.05, 3.63) is 57.5 Å². The number of nitrogens with zero attached hydrogens (tertiary/aromatic N) is 1. The predicted molar refractivity (Wildman–Crippen MR) is 98.1 cm³/mol. The lowest BCUT2D eigenvalue weighted by Crippen LogP contribution is -2.55. The zero-order chi connectivity index (χ0) is 20.3. The molecule has 0 atom stereocenters. The van der Waals surface area contributed by atoms with E-state index in [0.717, 1.165) is 15.1 Å². The minimum Gasteiger partial charge on any atom is -0.485 e. The van der Waals surface area contributed by atoms with Crippen molar-refractivity contribution in [2.24, 2.45) is 0 Å². The summed E-state index contributed by atoms with van der Waals surface area (Å²) in [6, 6.07) is 12.4. The van der Waals surface area contributed by atoms with Gasteiger partial charge in [0.05, 0.1) is 13.1 Å². The summed E-state index contributed by atoms with van der Waals surface area (Å²) in [7, 11) is 0. The van der Waals surface area contributed by atoms with Crippen LogP contribution in [0.15, 0.2) is 46.9 Å². The molecule has 10 heteroatoms. The van der Waals surface area contributed by atoms with E-state index in [-0.39, 0.29) is 19.7 Å². The highest BCUT2D eigenvalue weighted by Crippen LogP contribution is 2.33. The van der Waals surface area contributed by atoms with Gasteiger partial charge in [-0.25, -0.2) is 4.79 Å². The first kappa shape index (κ1) is 20.8. The zero-order valence-electron chi connectivity index (χ0n) is 14.2. The highest BCUT2D eigenvalue weighted by atomic mass is 79.9. The van der Waals surface area contributed by atoms with Crippen molar-refractivity contribution >= 4 is 33.5 Å². The summed E-state index contributed by atoms with van der Waals surface area (Å²) in [6.45, 7) is 0.324. The van der Waals surface area contributed by atoms with Gasteiger partial charge in [-0.2, -0.15) is 13.2 Å². The average Bonchev–Trinajstić information content (AvgIpc) is 2.59. The second kappa shape index (κ2) is 8.59. The Morgan fingerprint density at radius 3 is 2.46 bits per heavy atom. The summed E-state index contributed by atoms with van der Waals surface area (Å²) in [4.78, 5) is 15.0. The predicted octanol–water partition coefficient (Wildman–Crippen LogP) is 4.77. The molecule has 0 saturated carbocycles. The third kappa shape index (κ3) is 5.52. The van der Waals surface area contributed by atoms with Gasteiger partial charge in [0.15, 0.2) is 11.5 Å². The Kier molecular flexibility index (Phi) is 6.36. The van der Waals surface area contributed by atoms with Gasteiger partial charge < -0.3 is 14.3 Å².